The first-order valence-corrected chi connectivity index (χ1v) is 11.0. The second kappa shape index (κ2) is 9.69. The number of rotatable bonds is 6. The van der Waals surface area contributed by atoms with E-state index in [1.807, 2.05) is 20.8 Å². The van der Waals surface area contributed by atoms with Crippen molar-refractivity contribution in [1.82, 2.24) is 5.32 Å². The van der Waals surface area contributed by atoms with Crippen LogP contribution in [-0.2, 0) is 9.59 Å². The lowest BCUT2D eigenvalue weighted by Crippen LogP contribution is -2.54. The first-order valence-electron chi connectivity index (χ1n) is 9.53. The van der Waals surface area contributed by atoms with Crippen LogP contribution in [0.15, 0.2) is 35.9 Å². The predicted molar refractivity (Wildman–Crippen MR) is 127 cm³/mol. The van der Waals surface area contributed by atoms with Crippen LogP contribution in [0.3, 0.4) is 0 Å². The van der Waals surface area contributed by atoms with Gasteiger partial charge in [0.2, 0.25) is 0 Å². The number of carbonyl (C=O) groups excluding carboxylic acids is 3. The van der Waals surface area contributed by atoms with Crippen LogP contribution in [0, 0.1) is 10.5 Å². The number of imide groups is 2. The molecule has 0 saturated carbocycles. The summed E-state index contributed by atoms with van der Waals surface area (Å²) in [5, 5.41) is 2.61. The van der Waals surface area contributed by atoms with E-state index in [0.29, 0.717) is 35.3 Å². The van der Waals surface area contributed by atoms with Crippen molar-refractivity contribution in [2.75, 3.05) is 18.1 Å². The molecule has 2 aromatic rings. The zero-order valence-corrected chi connectivity index (χ0v) is 20.0. The van der Waals surface area contributed by atoms with Crippen molar-refractivity contribution in [3.05, 3.63) is 55.6 Å². The Labute approximate surface area is 198 Å². The van der Waals surface area contributed by atoms with Gasteiger partial charge in [-0.05, 0) is 84.8 Å². The number of barbiturate groups is 1. The number of benzene rings is 2. The maximum absolute atomic E-state index is 13.1. The van der Waals surface area contributed by atoms with Gasteiger partial charge in [0, 0.05) is 5.02 Å². The number of nitrogens with zero attached hydrogens (tertiary/aromatic N) is 1. The number of hydrogen-bond donors (Lipinski definition) is 1. The summed E-state index contributed by atoms with van der Waals surface area (Å²) in [4.78, 5) is 38.8. The monoisotopic (exact) mass is 554 g/mol. The molecular weight excluding hydrogens is 535 g/mol. The summed E-state index contributed by atoms with van der Waals surface area (Å²) in [5.41, 5.74) is 1.45. The molecule has 9 heteroatoms. The van der Waals surface area contributed by atoms with E-state index in [1.54, 1.807) is 24.3 Å². The van der Waals surface area contributed by atoms with Crippen LogP contribution in [0.25, 0.3) is 6.08 Å². The van der Waals surface area contributed by atoms with Crippen molar-refractivity contribution >= 4 is 63.8 Å². The van der Waals surface area contributed by atoms with E-state index in [-0.39, 0.29) is 11.3 Å². The molecule has 1 heterocycles. The fraction of sp³-hybridized carbons (Fsp3) is 0.227. The highest BCUT2D eigenvalue weighted by molar-refractivity contribution is 14.1. The molecule has 3 rings (SSSR count). The predicted octanol–water partition coefficient (Wildman–Crippen LogP) is 4.72. The van der Waals surface area contributed by atoms with Crippen LogP contribution in [-0.4, -0.2) is 31.1 Å². The summed E-state index contributed by atoms with van der Waals surface area (Å²) in [6.45, 7) is 6.42. The van der Waals surface area contributed by atoms with E-state index in [0.717, 1.165) is 14.0 Å². The van der Waals surface area contributed by atoms with Crippen molar-refractivity contribution in [3.8, 4) is 11.5 Å². The molecule has 1 aliphatic rings. The van der Waals surface area contributed by atoms with E-state index < -0.39 is 17.8 Å². The number of nitrogens with one attached hydrogen (secondary N) is 1. The molecule has 31 heavy (non-hydrogen) atoms. The molecule has 0 aromatic heterocycles. The van der Waals surface area contributed by atoms with Crippen molar-refractivity contribution in [2.45, 2.75) is 20.8 Å². The number of urea groups is 1. The second-order valence-corrected chi connectivity index (χ2v) is 8.16. The lowest BCUT2D eigenvalue weighted by molar-refractivity contribution is -0.122. The first kappa shape index (κ1) is 23.1. The summed E-state index contributed by atoms with van der Waals surface area (Å²) in [7, 11) is 0. The van der Waals surface area contributed by atoms with E-state index in [9.17, 15) is 14.4 Å². The average molecular weight is 555 g/mol. The number of ether oxygens (including phenoxy) is 2. The Hall–Kier alpha value is -2.59. The fourth-order valence-electron chi connectivity index (χ4n) is 3.00. The third kappa shape index (κ3) is 4.85. The van der Waals surface area contributed by atoms with E-state index in [1.165, 1.54) is 12.1 Å². The van der Waals surface area contributed by atoms with Crippen LogP contribution >= 0.6 is 34.2 Å². The minimum Gasteiger partial charge on any atom is -0.490 e. The number of aryl methyl sites for hydroxylation is 1. The van der Waals surface area contributed by atoms with Gasteiger partial charge in [-0.2, -0.15) is 0 Å². The van der Waals surface area contributed by atoms with E-state index >= 15 is 0 Å². The first-order chi connectivity index (χ1) is 14.8. The van der Waals surface area contributed by atoms with Gasteiger partial charge in [0.05, 0.1) is 22.5 Å². The molecule has 0 aliphatic carbocycles. The molecule has 0 unspecified atom stereocenters. The Balaban J connectivity index is 2.04. The zero-order chi connectivity index (χ0) is 22.7. The molecule has 162 valence electrons. The zero-order valence-electron chi connectivity index (χ0n) is 17.1. The highest BCUT2D eigenvalue weighted by Crippen LogP contribution is 2.35. The largest absolute Gasteiger partial charge is 0.490 e. The Morgan fingerprint density at radius 2 is 1.81 bits per heavy atom. The van der Waals surface area contributed by atoms with Gasteiger partial charge in [-0.25, -0.2) is 9.69 Å². The van der Waals surface area contributed by atoms with Crippen LogP contribution in [0.2, 0.25) is 5.02 Å². The van der Waals surface area contributed by atoms with Gasteiger partial charge in [-0.15, -0.1) is 0 Å². The molecular formula is C22H20ClIN2O5. The van der Waals surface area contributed by atoms with Gasteiger partial charge < -0.3 is 9.47 Å². The van der Waals surface area contributed by atoms with Crippen LogP contribution in [0.5, 0.6) is 11.5 Å². The van der Waals surface area contributed by atoms with Crippen LogP contribution in [0.1, 0.15) is 25.0 Å². The minimum absolute atomic E-state index is 0.182. The quantitative estimate of drug-likeness (QED) is 0.317. The molecule has 2 aromatic carbocycles. The van der Waals surface area contributed by atoms with Crippen molar-refractivity contribution < 1.29 is 23.9 Å². The Bertz CT molecular complexity index is 1100. The average Bonchev–Trinajstić information content (AvgIpc) is 2.70. The molecule has 7 nitrogen and oxygen atoms in total. The number of hydrogen-bond acceptors (Lipinski definition) is 5. The van der Waals surface area contributed by atoms with Gasteiger partial charge in [-0.3, -0.25) is 14.9 Å². The molecule has 1 saturated heterocycles. The SMILES string of the molecule is CCOc1cc(/C=C2/C(=O)NC(=O)N(c3ccc(C)c(Cl)c3)C2=O)cc(I)c1OCC. The highest BCUT2D eigenvalue weighted by Gasteiger charge is 2.37. The van der Waals surface area contributed by atoms with Gasteiger partial charge in [0.25, 0.3) is 11.8 Å². The molecule has 0 atom stereocenters. The molecule has 0 bridgehead atoms. The number of amides is 4. The molecule has 4 amide bonds. The summed E-state index contributed by atoms with van der Waals surface area (Å²) >= 11 is 8.25. The second-order valence-electron chi connectivity index (χ2n) is 6.59. The van der Waals surface area contributed by atoms with Gasteiger partial charge in [0.15, 0.2) is 11.5 Å². The smallest absolute Gasteiger partial charge is 0.335 e. The van der Waals surface area contributed by atoms with Gasteiger partial charge in [-0.1, -0.05) is 17.7 Å². The fourth-order valence-corrected chi connectivity index (χ4v) is 3.95. The normalized spacial score (nSPS) is 15.3. The van der Waals surface area contributed by atoms with Crippen LogP contribution < -0.4 is 19.7 Å². The summed E-state index contributed by atoms with van der Waals surface area (Å²) in [6.07, 6.45) is 1.42. The summed E-state index contributed by atoms with van der Waals surface area (Å²) < 4.78 is 12.1. The topological polar surface area (TPSA) is 84.9 Å². The molecule has 1 fully saturated rings. The van der Waals surface area contributed by atoms with Crippen molar-refractivity contribution in [3.63, 3.8) is 0 Å². The summed E-state index contributed by atoms with van der Waals surface area (Å²) in [6, 6.07) is 7.43. The molecule has 0 radical (unpaired) electrons. The number of halogens is 2. The third-order valence-corrected chi connectivity index (χ3v) is 5.66. The van der Waals surface area contributed by atoms with Crippen LogP contribution in [0.4, 0.5) is 10.5 Å². The lowest BCUT2D eigenvalue weighted by atomic mass is 10.1. The van der Waals surface area contributed by atoms with Crippen molar-refractivity contribution in [1.29, 1.82) is 0 Å². The van der Waals surface area contributed by atoms with E-state index in [2.05, 4.69) is 27.9 Å². The third-order valence-electron chi connectivity index (χ3n) is 4.45. The lowest BCUT2D eigenvalue weighted by Gasteiger charge is -2.26. The minimum atomic E-state index is -0.830. The number of carbonyl (C=O) groups is 3. The van der Waals surface area contributed by atoms with Gasteiger partial charge in [0.1, 0.15) is 5.57 Å². The number of anilines is 1. The maximum atomic E-state index is 13.1. The molecule has 0 spiro atoms. The Morgan fingerprint density at radius 3 is 2.45 bits per heavy atom. The highest BCUT2D eigenvalue weighted by atomic mass is 127. The molecule has 1 aliphatic heterocycles. The van der Waals surface area contributed by atoms with E-state index in [4.69, 9.17) is 21.1 Å². The van der Waals surface area contributed by atoms with Gasteiger partial charge >= 0.3 is 6.03 Å². The van der Waals surface area contributed by atoms with Crippen molar-refractivity contribution in [2.24, 2.45) is 0 Å². The molecule has 1 N–H and O–H groups in total. The maximum Gasteiger partial charge on any atom is 0.335 e. The summed E-state index contributed by atoms with van der Waals surface area (Å²) in [5.74, 6) is -0.413. The standard InChI is InChI=1S/C22H20ClIN2O5/c1-4-30-18-10-13(9-17(24)19(18)31-5-2)8-15-20(27)25-22(29)26(21(15)28)14-7-6-12(3)16(23)11-14/h6-11H,4-5H2,1-3H3,(H,25,27,29)/b15-8-. The Kier molecular flexibility index (Phi) is 7.22. The Morgan fingerprint density at radius 1 is 1.10 bits per heavy atom.